The number of carbonyl (C=O) groups is 2. The van der Waals surface area contributed by atoms with Gasteiger partial charge in [-0.25, -0.2) is 0 Å². The van der Waals surface area contributed by atoms with Crippen LogP contribution in [0.2, 0.25) is 0 Å². The molecule has 3 saturated heterocycles. The molecule has 0 spiro atoms. The SMILES string of the molecule is CC(=O)OC1C2OS(=O)(=O)C3C2OC1C3C(=O)Oc1cc(C2CCCC2)c(S(=O)(=O)O)cc1C1CCCC1. The maximum absolute atomic E-state index is 13.7. The number of fused-ring (bicyclic) bond motifs is 1. The van der Waals surface area contributed by atoms with E-state index in [-0.39, 0.29) is 22.5 Å². The van der Waals surface area contributed by atoms with Crippen molar-refractivity contribution in [3.63, 3.8) is 0 Å². The topological polar surface area (TPSA) is 160 Å². The van der Waals surface area contributed by atoms with Gasteiger partial charge in [-0.05, 0) is 60.8 Å². The van der Waals surface area contributed by atoms with Crippen LogP contribution in [0.5, 0.6) is 5.75 Å². The highest BCUT2D eigenvalue weighted by atomic mass is 32.2. The molecule has 5 fully saturated rings. The van der Waals surface area contributed by atoms with Gasteiger partial charge in [-0.2, -0.15) is 16.8 Å². The third kappa shape index (κ3) is 4.26. The highest BCUT2D eigenvalue weighted by Crippen LogP contribution is 2.52. The van der Waals surface area contributed by atoms with Crippen molar-refractivity contribution in [2.75, 3.05) is 0 Å². The monoisotopic (exact) mass is 570 g/mol. The Balaban J connectivity index is 1.40. The van der Waals surface area contributed by atoms with Gasteiger partial charge in [0.15, 0.2) is 6.10 Å². The zero-order valence-corrected chi connectivity index (χ0v) is 22.4. The quantitative estimate of drug-likeness (QED) is 0.232. The first-order chi connectivity index (χ1) is 18.0. The Kier molecular flexibility index (Phi) is 6.38. The van der Waals surface area contributed by atoms with E-state index in [9.17, 15) is 31.0 Å². The van der Waals surface area contributed by atoms with Crippen LogP contribution in [0, 0.1) is 5.92 Å². The summed E-state index contributed by atoms with van der Waals surface area (Å²) in [7, 11) is -8.73. The average Bonchev–Trinajstić information content (AvgIpc) is 3.63. The first-order valence-electron chi connectivity index (χ1n) is 13.1. The van der Waals surface area contributed by atoms with Gasteiger partial charge in [0, 0.05) is 6.92 Å². The molecule has 1 aromatic rings. The second-order valence-electron chi connectivity index (χ2n) is 11.0. The van der Waals surface area contributed by atoms with Gasteiger partial charge in [0.25, 0.3) is 20.2 Å². The zero-order valence-electron chi connectivity index (χ0n) is 20.8. The Bertz CT molecular complexity index is 1370. The van der Waals surface area contributed by atoms with Crippen LogP contribution in [0.1, 0.15) is 81.3 Å². The highest BCUT2D eigenvalue weighted by molar-refractivity contribution is 7.87. The van der Waals surface area contributed by atoms with E-state index in [1.807, 2.05) is 0 Å². The second-order valence-corrected chi connectivity index (χ2v) is 14.1. The van der Waals surface area contributed by atoms with Gasteiger partial charge in [0.2, 0.25) is 0 Å². The van der Waals surface area contributed by atoms with Crippen molar-refractivity contribution in [3.05, 3.63) is 23.3 Å². The lowest BCUT2D eigenvalue weighted by atomic mass is 9.84. The van der Waals surface area contributed by atoms with Crippen LogP contribution in [0.3, 0.4) is 0 Å². The molecular weight excluding hydrogens is 540 g/mol. The van der Waals surface area contributed by atoms with E-state index in [1.54, 1.807) is 0 Å². The summed E-state index contributed by atoms with van der Waals surface area (Å²) in [5.41, 5.74) is 0.891. The van der Waals surface area contributed by atoms with Crippen molar-refractivity contribution in [3.8, 4) is 5.75 Å². The Hall–Kier alpha value is -2.06. The maximum atomic E-state index is 13.7. The molecule has 38 heavy (non-hydrogen) atoms. The smallest absolute Gasteiger partial charge is 0.318 e. The molecule has 2 aliphatic carbocycles. The van der Waals surface area contributed by atoms with Crippen molar-refractivity contribution in [1.29, 1.82) is 0 Å². The maximum Gasteiger partial charge on any atom is 0.318 e. The van der Waals surface area contributed by atoms with Gasteiger partial charge in [-0.1, -0.05) is 25.7 Å². The molecule has 0 radical (unpaired) electrons. The van der Waals surface area contributed by atoms with Gasteiger partial charge < -0.3 is 14.2 Å². The summed E-state index contributed by atoms with van der Waals surface area (Å²) in [5, 5.41) is -1.29. The molecule has 6 rings (SSSR count). The van der Waals surface area contributed by atoms with Gasteiger partial charge in [-0.3, -0.25) is 18.3 Å². The van der Waals surface area contributed by atoms with Gasteiger partial charge >= 0.3 is 11.9 Å². The molecule has 6 atom stereocenters. The number of esters is 2. The van der Waals surface area contributed by atoms with Crippen LogP contribution < -0.4 is 4.74 Å². The normalized spacial score (nSPS) is 34.2. The lowest BCUT2D eigenvalue weighted by Gasteiger charge is -2.27. The fraction of sp³-hybridized carbons (Fsp3) is 0.680. The van der Waals surface area contributed by atoms with Crippen molar-refractivity contribution in [1.82, 2.24) is 0 Å². The lowest BCUT2D eigenvalue weighted by Crippen LogP contribution is -2.50. The summed E-state index contributed by atoms with van der Waals surface area (Å²) in [5.74, 6) is -2.86. The molecule has 3 aliphatic heterocycles. The van der Waals surface area contributed by atoms with E-state index in [2.05, 4.69) is 0 Å². The predicted octanol–water partition coefficient (Wildman–Crippen LogP) is 2.58. The van der Waals surface area contributed by atoms with Crippen LogP contribution in [0.4, 0.5) is 0 Å². The highest BCUT2D eigenvalue weighted by Gasteiger charge is 2.74. The lowest BCUT2D eigenvalue weighted by molar-refractivity contribution is -0.157. The van der Waals surface area contributed by atoms with Crippen molar-refractivity contribution in [2.24, 2.45) is 5.92 Å². The number of benzene rings is 1. The summed E-state index contributed by atoms with van der Waals surface area (Å²) in [6, 6.07) is 2.96. The van der Waals surface area contributed by atoms with Gasteiger partial charge in [0.05, 0.1) is 4.90 Å². The molecule has 6 unspecified atom stereocenters. The third-order valence-electron chi connectivity index (χ3n) is 8.69. The molecule has 2 saturated carbocycles. The summed E-state index contributed by atoms with van der Waals surface area (Å²) < 4.78 is 82.6. The summed E-state index contributed by atoms with van der Waals surface area (Å²) in [6.45, 7) is 1.18. The molecule has 208 valence electrons. The molecule has 0 aromatic heterocycles. The predicted molar refractivity (Wildman–Crippen MR) is 130 cm³/mol. The molecule has 5 aliphatic rings. The minimum absolute atomic E-state index is 0.0797. The van der Waals surface area contributed by atoms with E-state index in [4.69, 9.17) is 18.4 Å². The molecule has 13 heteroatoms. The Morgan fingerprint density at radius 1 is 0.947 bits per heavy atom. The molecule has 2 bridgehead atoms. The average molecular weight is 571 g/mol. The number of carbonyl (C=O) groups excluding carboxylic acids is 2. The number of hydrogen-bond acceptors (Lipinski definition) is 10. The van der Waals surface area contributed by atoms with E-state index >= 15 is 0 Å². The standard InChI is InChI=1S/C25H30O11S2/c1-12(26)33-21-20-19(24-23(35-20)22(21)36-38(24,31)32)25(27)34-17-10-16(14-8-4-5-9-14)18(37(28,29)30)11-15(17)13-6-2-3-7-13/h10-11,13-14,19-24H,2-9H2,1H3,(H,28,29,30). The minimum atomic E-state index is -4.54. The fourth-order valence-electron chi connectivity index (χ4n) is 7.11. The Labute approximate surface area is 221 Å². The summed E-state index contributed by atoms with van der Waals surface area (Å²) in [4.78, 5) is 25.2. The molecule has 1 aromatic carbocycles. The van der Waals surface area contributed by atoms with Crippen LogP contribution in [0.15, 0.2) is 17.0 Å². The van der Waals surface area contributed by atoms with Gasteiger partial charge in [-0.15, -0.1) is 0 Å². The Morgan fingerprint density at radius 3 is 2.13 bits per heavy atom. The summed E-state index contributed by atoms with van der Waals surface area (Å²) >= 11 is 0. The van der Waals surface area contributed by atoms with Crippen LogP contribution in [0.25, 0.3) is 0 Å². The molecule has 0 amide bonds. The fourth-order valence-corrected chi connectivity index (χ4v) is 9.74. The first kappa shape index (κ1) is 26.2. The van der Waals surface area contributed by atoms with E-state index in [1.165, 1.54) is 19.1 Å². The molecule has 1 N–H and O–H groups in total. The van der Waals surface area contributed by atoms with E-state index < -0.39 is 67.8 Å². The van der Waals surface area contributed by atoms with Crippen molar-refractivity contribution >= 4 is 32.2 Å². The largest absolute Gasteiger partial charge is 0.457 e. The van der Waals surface area contributed by atoms with Crippen molar-refractivity contribution in [2.45, 2.75) is 105 Å². The summed E-state index contributed by atoms with van der Waals surface area (Å²) in [6.07, 6.45) is 2.57. The minimum Gasteiger partial charge on any atom is -0.457 e. The van der Waals surface area contributed by atoms with Crippen LogP contribution in [-0.4, -0.2) is 63.0 Å². The zero-order chi connectivity index (χ0) is 27.0. The molecule has 11 nitrogen and oxygen atoms in total. The first-order valence-corrected chi connectivity index (χ1v) is 16.0. The molecule has 3 heterocycles. The number of ether oxygens (including phenoxy) is 3. The van der Waals surface area contributed by atoms with Crippen LogP contribution in [-0.2, 0) is 43.5 Å². The van der Waals surface area contributed by atoms with Crippen molar-refractivity contribution < 1.29 is 49.4 Å². The van der Waals surface area contributed by atoms with Gasteiger partial charge in [0.1, 0.15) is 35.2 Å². The number of hydrogen-bond donors (Lipinski definition) is 1. The van der Waals surface area contributed by atoms with E-state index in [0.717, 1.165) is 51.4 Å². The number of rotatable bonds is 6. The molecular formula is C25H30O11S2. The Morgan fingerprint density at radius 2 is 1.55 bits per heavy atom. The van der Waals surface area contributed by atoms with Crippen LogP contribution >= 0.6 is 0 Å². The second kappa shape index (κ2) is 9.26. The third-order valence-corrected chi connectivity index (χ3v) is 11.3. The van der Waals surface area contributed by atoms with E-state index in [0.29, 0.717) is 11.1 Å².